The van der Waals surface area contributed by atoms with E-state index in [1.807, 2.05) is 11.8 Å². The quantitative estimate of drug-likeness (QED) is 0.632. The molecule has 0 aromatic carbocycles. The zero-order valence-electron chi connectivity index (χ0n) is 11.4. The van der Waals surface area contributed by atoms with Gasteiger partial charge in [0.2, 0.25) is 0 Å². The minimum absolute atomic E-state index is 0.113. The highest BCUT2D eigenvalue weighted by Crippen LogP contribution is 2.02. The maximum atomic E-state index is 11.8. The Morgan fingerprint density at radius 3 is 2.44 bits per heavy atom. The standard InChI is InChI=1S/C12H24N2O3S/c1-10(2)14(9-11(15)16)12(17)13-7-5-4-6-8-18-3/h10H,4-9H2,1-3H3,(H,13,17)(H,15,16). The number of carboxylic acids is 1. The van der Waals surface area contributed by atoms with E-state index in [1.165, 1.54) is 4.90 Å². The molecule has 0 aliphatic heterocycles. The molecule has 0 saturated carbocycles. The Balaban J connectivity index is 3.85. The van der Waals surface area contributed by atoms with Crippen LogP contribution in [0.2, 0.25) is 0 Å². The van der Waals surface area contributed by atoms with Crippen molar-refractivity contribution in [1.82, 2.24) is 10.2 Å². The van der Waals surface area contributed by atoms with Crippen LogP contribution in [0.25, 0.3) is 0 Å². The van der Waals surface area contributed by atoms with Crippen LogP contribution in [0.4, 0.5) is 4.79 Å². The van der Waals surface area contributed by atoms with Crippen molar-refractivity contribution < 1.29 is 14.7 Å². The minimum atomic E-state index is -0.987. The second kappa shape index (κ2) is 10.1. The number of rotatable bonds is 9. The van der Waals surface area contributed by atoms with Crippen LogP contribution >= 0.6 is 11.8 Å². The summed E-state index contributed by atoms with van der Waals surface area (Å²) in [5.74, 6) is 0.157. The van der Waals surface area contributed by atoms with Crippen molar-refractivity contribution >= 4 is 23.8 Å². The first kappa shape index (κ1) is 17.1. The number of hydrogen-bond donors (Lipinski definition) is 2. The Morgan fingerprint density at radius 1 is 1.28 bits per heavy atom. The Bertz CT molecular complexity index is 260. The van der Waals surface area contributed by atoms with Crippen LogP contribution in [0, 0.1) is 0 Å². The van der Waals surface area contributed by atoms with Gasteiger partial charge in [0.15, 0.2) is 0 Å². The van der Waals surface area contributed by atoms with E-state index in [1.54, 1.807) is 13.8 Å². The third-order valence-corrected chi connectivity index (χ3v) is 3.19. The Labute approximate surface area is 113 Å². The molecule has 0 atom stereocenters. The molecule has 106 valence electrons. The molecule has 0 fully saturated rings. The lowest BCUT2D eigenvalue weighted by Gasteiger charge is -2.25. The summed E-state index contributed by atoms with van der Waals surface area (Å²) in [5, 5.41) is 11.5. The van der Waals surface area contributed by atoms with Crippen LogP contribution in [-0.2, 0) is 4.79 Å². The molecule has 0 radical (unpaired) electrons. The molecule has 0 bridgehead atoms. The van der Waals surface area contributed by atoms with Gasteiger partial charge in [0.1, 0.15) is 6.54 Å². The number of urea groups is 1. The highest BCUT2D eigenvalue weighted by molar-refractivity contribution is 7.98. The summed E-state index contributed by atoms with van der Waals surface area (Å²) in [4.78, 5) is 23.7. The van der Waals surface area contributed by atoms with Gasteiger partial charge < -0.3 is 15.3 Å². The fraction of sp³-hybridized carbons (Fsp3) is 0.833. The minimum Gasteiger partial charge on any atom is -0.480 e. The average Bonchev–Trinajstić information content (AvgIpc) is 2.29. The van der Waals surface area contributed by atoms with Crippen LogP contribution in [-0.4, -0.2) is 53.1 Å². The zero-order chi connectivity index (χ0) is 14.0. The number of amides is 2. The van der Waals surface area contributed by atoms with Gasteiger partial charge in [0.25, 0.3) is 0 Å². The Hall–Kier alpha value is -0.910. The molecule has 0 unspecified atom stereocenters. The van der Waals surface area contributed by atoms with E-state index >= 15 is 0 Å². The molecule has 0 aromatic rings. The van der Waals surface area contributed by atoms with E-state index in [0.717, 1.165) is 25.0 Å². The van der Waals surface area contributed by atoms with Crippen molar-refractivity contribution in [2.45, 2.75) is 39.2 Å². The fourth-order valence-corrected chi connectivity index (χ4v) is 1.97. The van der Waals surface area contributed by atoms with Crippen molar-refractivity contribution in [1.29, 1.82) is 0 Å². The summed E-state index contributed by atoms with van der Waals surface area (Å²) in [7, 11) is 0. The summed E-state index contributed by atoms with van der Waals surface area (Å²) in [6, 6.07) is -0.408. The predicted molar refractivity (Wildman–Crippen MR) is 75.1 cm³/mol. The van der Waals surface area contributed by atoms with Gasteiger partial charge in [-0.25, -0.2) is 4.79 Å². The lowest BCUT2D eigenvalue weighted by atomic mass is 10.2. The lowest BCUT2D eigenvalue weighted by Crippen LogP contribution is -2.46. The predicted octanol–water partition coefficient (Wildman–Crippen LogP) is 2.02. The Kier molecular flexibility index (Phi) is 9.55. The molecule has 0 aromatic heterocycles. The van der Waals surface area contributed by atoms with Gasteiger partial charge in [-0.3, -0.25) is 4.79 Å². The molecular formula is C12H24N2O3S. The number of thioether (sulfide) groups is 1. The molecular weight excluding hydrogens is 252 g/mol. The number of unbranched alkanes of at least 4 members (excludes halogenated alkanes) is 2. The fourth-order valence-electron chi connectivity index (χ4n) is 1.48. The molecule has 0 heterocycles. The lowest BCUT2D eigenvalue weighted by molar-refractivity contribution is -0.138. The number of carboxylic acid groups (broad SMARTS) is 1. The normalized spacial score (nSPS) is 10.4. The monoisotopic (exact) mass is 276 g/mol. The summed E-state index contributed by atoms with van der Waals surface area (Å²) in [5.41, 5.74) is 0. The van der Waals surface area contributed by atoms with Gasteiger partial charge in [-0.15, -0.1) is 0 Å². The molecule has 0 spiro atoms. The number of nitrogens with one attached hydrogen (secondary N) is 1. The molecule has 0 aliphatic rings. The topological polar surface area (TPSA) is 69.6 Å². The highest BCUT2D eigenvalue weighted by atomic mass is 32.2. The number of nitrogens with zero attached hydrogens (tertiary/aromatic N) is 1. The van der Waals surface area contributed by atoms with Gasteiger partial charge in [-0.2, -0.15) is 11.8 Å². The molecule has 5 nitrogen and oxygen atoms in total. The second-order valence-corrected chi connectivity index (χ2v) is 5.39. The van der Waals surface area contributed by atoms with E-state index < -0.39 is 5.97 Å². The van der Waals surface area contributed by atoms with Gasteiger partial charge in [-0.05, 0) is 38.7 Å². The van der Waals surface area contributed by atoms with Crippen molar-refractivity contribution in [3.63, 3.8) is 0 Å². The largest absolute Gasteiger partial charge is 0.480 e. The smallest absolute Gasteiger partial charge is 0.323 e. The molecule has 0 saturated heterocycles. The van der Waals surface area contributed by atoms with Crippen molar-refractivity contribution in [3.8, 4) is 0 Å². The van der Waals surface area contributed by atoms with E-state index in [2.05, 4.69) is 11.6 Å². The van der Waals surface area contributed by atoms with Crippen molar-refractivity contribution in [2.75, 3.05) is 25.1 Å². The van der Waals surface area contributed by atoms with Crippen molar-refractivity contribution in [3.05, 3.63) is 0 Å². The van der Waals surface area contributed by atoms with Gasteiger partial charge in [0.05, 0.1) is 0 Å². The summed E-state index contributed by atoms with van der Waals surface area (Å²) >= 11 is 1.82. The first-order valence-electron chi connectivity index (χ1n) is 6.24. The first-order valence-corrected chi connectivity index (χ1v) is 7.63. The van der Waals surface area contributed by atoms with Crippen LogP contribution < -0.4 is 5.32 Å². The third kappa shape index (κ3) is 8.22. The molecule has 2 amide bonds. The van der Waals surface area contributed by atoms with E-state index in [4.69, 9.17) is 5.11 Å². The zero-order valence-corrected chi connectivity index (χ0v) is 12.3. The highest BCUT2D eigenvalue weighted by Gasteiger charge is 2.18. The number of carbonyl (C=O) groups is 2. The molecule has 0 rings (SSSR count). The van der Waals surface area contributed by atoms with Gasteiger partial charge in [0, 0.05) is 12.6 Å². The SMILES string of the molecule is CSCCCCCNC(=O)N(CC(=O)O)C(C)C. The molecule has 2 N–H and O–H groups in total. The number of hydrogen-bond acceptors (Lipinski definition) is 3. The summed E-state index contributed by atoms with van der Waals surface area (Å²) in [6.45, 7) is 3.97. The average molecular weight is 276 g/mol. The second-order valence-electron chi connectivity index (χ2n) is 4.40. The van der Waals surface area contributed by atoms with Crippen molar-refractivity contribution in [2.24, 2.45) is 0 Å². The van der Waals surface area contributed by atoms with E-state index in [0.29, 0.717) is 6.54 Å². The van der Waals surface area contributed by atoms with E-state index in [9.17, 15) is 9.59 Å². The van der Waals surface area contributed by atoms with Gasteiger partial charge in [-0.1, -0.05) is 6.42 Å². The molecule has 6 heteroatoms. The van der Waals surface area contributed by atoms with Crippen LogP contribution in [0.1, 0.15) is 33.1 Å². The van der Waals surface area contributed by atoms with Crippen LogP contribution in [0.3, 0.4) is 0 Å². The molecule has 18 heavy (non-hydrogen) atoms. The molecule has 0 aliphatic carbocycles. The van der Waals surface area contributed by atoms with Crippen LogP contribution in [0.5, 0.6) is 0 Å². The maximum Gasteiger partial charge on any atom is 0.323 e. The summed E-state index contributed by atoms with van der Waals surface area (Å²) in [6.07, 6.45) is 5.25. The number of carbonyl (C=O) groups excluding carboxylic acids is 1. The number of aliphatic carboxylic acids is 1. The van der Waals surface area contributed by atoms with E-state index in [-0.39, 0.29) is 18.6 Å². The van der Waals surface area contributed by atoms with Crippen LogP contribution in [0.15, 0.2) is 0 Å². The third-order valence-electron chi connectivity index (χ3n) is 2.49. The Morgan fingerprint density at radius 2 is 1.94 bits per heavy atom. The summed E-state index contributed by atoms with van der Waals surface area (Å²) < 4.78 is 0. The first-order chi connectivity index (χ1) is 8.49. The maximum absolute atomic E-state index is 11.8. The van der Waals surface area contributed by atoms with Gasteiger partial charge >= 0.3 is 12.0 Å².